The van der Waals surface area contributed by atoms with Crippen LogP contribution in [0.4, 0.5) is 0 Å². The van der Waals surface area contributed by atoms with Gasteiger partial charge in [0.2, 0.25) is 10.0 Å². The molecule has 0 saturated carbocycles. The van der Waals surface area contributed by atoms with Crippen molar-refractivity contribution in [3.63, 3.8) is 0 Å². The summed E-state index contributed by atoms with van der Waals surface area (Å²) in [5.41, 5.74) is -0.550. The average molecular weight is 385 g/mol. The number of benzene rings is 1. The molecule has 0 heterocycles. The Labute approximate surface area is 119 Å². The molecule has 1 rings (SSSR count). The van der Waals surface area contributed by atoms with E-state index < -0.39 is 15.6 Å². The number of hydrogen-bond acceptors (Lipinski definition) is 2. The van der Waals surface area contributed by atoms with Gasteiger partial charge < -0.3 is 0 Å². The number of halogens is 2. The minimum absolute atomic E-state index is 0.0280. The van der Waals surface area contributed by atoms with E-state index in [0.29, 0.717) is 0 Å². The second kappa shape index (κ2) is 5.38. The molecule has 1 atom stereocenters. The summed E-state index contributed by atoms with van der Waals surface area (Å²) in [5.74, 6) is 0. The van der Waals surface area contributed by atoms with Gasteiger partial charge in [0.15, 0.2) is 0 Å². The number of hydrogen-bond donors (Lipinski definition) is 1. The Kier molecular flexibility index (Phi) is 4.80. The van der Waals surface area contributed by atoms with Crippen LogP contribution in [-0.4, -0.2) is 18.8 Å². The summed E-state index contributed by atoms with van der Waals surface area (Å²) in [5, 5.41) is 0. The molecular weight excluding hydrogens is 370 g/mol. The van der Waals surface area contributed by atoms with Gasteiger partial charge in [-0.25, -0.2) is 13.1 Å². The van der Waals surface area contributed by atoms with E-state index in [9.17, 15) is 8.42 Å². The minimum atomic E-state index is -3.48. The molecule has 0 aromatic heterocycles. The minimum Gasteiger partial charge on any atom is -0.207 e. The van der Waals surface area contributed by atoms with E-state index in [2.05, 4.69) is 36.6 Å². The molecule has 1 unspecified atom stereocenters. The summed E-state index contributed by atoms with van der Waals surface area (Å²) in [7, 11) is -3.48. The monoisotopic (exact) mass is 383 g/mol. The summed E-state index contributed by atoms with van der Waals surface area (Å²) in [6.45, 7) is 5.58. The van der Waals surface area contributed by atoms with Crippen molar-refractivity contribution in [2.45, 2.75) is 36.0 Å². The lowest BCUT2D eigenvalue weighted by Gasteiger charge is -2.28. The fourth-order valence-electron chi connectivity index (χ4n) is 1.10. The molecule has 0 aliphatic carbocycles. The highest BCUT2D eigenvalue weighted by molar-refractivity contribution is 9.10. The van der Waals surface area contributed by atoms with Gasteiger partial charge in [-0.15, -0.1) is 0 Å². The molecule has 17 heavy (non-hydrogen) atoms. The first kappa shape index (κ1) is 15.1. The van der Waals surface area contributed by atoms with Crippen molar-refractivity contribution >= 4 is 41.9 Å². The van der Waals surface area contributed by atoms with Crippen LogP contribution in [0.15, 0.2) is 33.6 Å². The third-order valence-corrected chi connectivity index (χ3v) is 5.88. The van der Waals surface area contributed by atoms with Crippen LogP contribution in [0.1, 0.15) is 20.8 Å². The Bertz CT molecular complexity index is 481. The quantitative estimate of drug-likeness (QED) is 0.809. The van der Waals surface area contributed by atoms with Crippen LogP contribution in [-0.2, 0) is 10.0 Å². The fraction of sp³-hybridized carbons (Fsp3) is 0.455. The molecule has 0 aliphatic rings. The van der Waals surface area contributed by atoms with Gasteiger partial charge >= 0.3 is 0 Å². The van der Waals surface area contributed by atoms with Gasteiger partial charge in [-0.2, -0.15) is 0 Å². The van der Waals surface area contributed by atoms with E-state index in [1.807, 2.05) is 20.8 Å². The predicted molar refractivity (Wildman–Crippen MR) is 76.9 cm³/mol. The maximum Gasteiger partial charge on any atom is 0.241 e. The summed E-state index contributed by atoms with van der Waals surface area (Å²) < 4.78 is 27.8. The van der Waals surface area contributed by atoms with Gasteiger partial charge in [0.25, 0.3) is 0 Å². The molecule has 96 valence electrons. The van der Waals surface area contributed by atoms with E-state index in [1.54, 1.807) is 24.3 Å². The topological polar surface area (TPSA) is 46.2 Å². The molecular formula is C11H15Br2NO2S. The molecule has 0 saturated heterocycles. The zero-order chi connectivity index (χ0) is 13.3. The lowest BCUT2D eigenvalue weighted by atomic mass is 10.0. The van der Waals surface area contributed by atoms with Crippen molar-refractivity contribution in [2.75, 3.05) is 0 Å². The van der Waals surface area contributed by atoms with Gasteiger partial charge in [-0.3, -0.25) is 0 Å². The number of nitrogens with one attached hydrogen (secondary N) is 1. The molecule has 0 radical (unpaired) electrons. The highest BCUT2D eigenvalue weighted by Gasteiger charge is 2.29. The molecule has 3 nitrogen and oxygen atoms in total. The van der Waals surface area contributed by atoms with Crippen molar-refractivity contribution in [1.82, 2.24) is 4.72 Å². The van der Waals surface area contributed by atoms with E-state index >= 15 is 0 Å². The Balaban J connectivity index is 3.01. The van der Waals surface area contributed by atoms with Crippen molar-refractivity contribution in [3.05, 3.63) is 28.7 Å². The van der Waals surface area contributed by atoms with E-state index in [4.69, 9.17) is 0 Å². The zero-order valence-electron chi connectivity index (χ0n) is 9.87. The Morgan fingerprint density at radius 2 is 1.71 bits per heavy atom. The summed E-state index contributed by atoms with van der Waals surface area (Å²) in [6.07, 6.45) is 0. The van der Waals surface area contributed by atoms with E-state index in [1.165, 1.54) is 0 Å². The molecule has 0 aliphatic heterocycles. The molecule has 0 fully saturated rings. The van der Waals surface area contributed by atoms with Gasteiger partial charge in [0.1, 0.15) is 0 Å². The van der Waals surface area contributed by atoms with E-state index in [-0.39, 0.29) is 9.72 Å². The van der Waals surface area contributed by atoms with Crippen molar-refractivity contribution in [3.8, 4) is 0 Å². The van der Waals surface area contributed by atoms with Crippen LogP contribution >= 0.6 is 31.9 Å². The van der Waals surface area contributed by atoms with Gasteiger partial charge in [-0.1, -0.05) is 38.8 Å². The van der Waals surface area contributed by atoms with Crippen LogP contribution in [0.3, 0.4) is 0 Å². The molecule has 1 aromatic rings. The van der Waals surface area contributed by atoms with Gasteiger partial charge in [0, 0.05) is 14.8 Å². The molecule has 6 heteroatoms. The first-order chi connectivity index (χ1) is 7.65. The molecule has 1 N–H and O–H groups in total. The normalized spacial score (nSPS) is 14.6. The average Bonchev–Trinajstić information content (AvgIpc) is 2.16. The van der Waals surface area contributed by atoms with Crippen LogP contribution in [0, 0.1) is 0 Å². The third-order valence-electron chi connectivity index (χ3n) is 2.52. The fourth-order valence-corrected chi connectivity index (χ4v) is 3.11. The lowest BCUT2D eigenvalue weighted by molar-refractivity contribution is 0.454. The largest absolute Gasteiger partial charge is 0.241 e. The lowest BCUT2D eigenvalue weighted by Crippen LogP contribution is -2.48. The number of rotatable bonds is 4. The maximum atomic E-state index is 12.1. The highest BCUT2D eigenvalue weighted by atomic mass is 79.9. The standard InChI is InChI=1S/C11H15Br2NO2S/c1-8(12)11(2,3)14-17(15,16)10-6-4-9(13)5-7-10/h4-8,14H,1-3H3. The van der Waals surface area contributed by atoms with Gasteiger partial charge in [-0.05, 0) is 38.1 Å². The predicted octanol–water partition coefficient (Wildman–Crippen LogP) is 3.29. The number of alkyl halides is 1. The molecule has 0 spiro atoms. The van der Waals surface area contributed by atoms with Crippen LogP contribution in [0.5, 0.6) is 0 Å². The van der Waals surface area contributed by atoms with Gasteiger partial charge in [0.05, 0.1) is 4.90 Å². The van der Waals surface area contributed by atoms with Crippen LogP contribution in [0.2, 0.25) is 0 Å². The van der Waals surface area contributed by atoms with Crippen LogP contribution in [0.25, 0.3) is 0 Å². The second-order valence-corrected chi connectivity index (χ2v) is 8.37. The summed E-state index contributed by atoms with van der Waals surface area (Å²) in [4.78, 5) is 0.294. The van der Waals surface area contributed by atoms with E-state index in [0.717, 1.165) is 4.47 Å². The first-order valence-electron chi connectivity index (χ1n) is 5.09. The maximum absolute atomic E-state index is 12.1. The second-order valence-electron chi connectivity index (χ2n) is 4.40. The van der Waals surface area contributed by atoms with Crippen molar-refractivity contribution in [1.29, 1.82) is 0 Å². The van der Waals surface area contributed by atoms with Crippen LogP contribution < -0.4 is 4.72 Å². The summed E-state index contributed by atoms with van der Waals surface area (Å²) >= 11 is 6.67. The first-order valence-corrected chi connectivity index (χ1v) is 8.28. The Hall–Kier alpha value is 0.0900. The molecule has 0 bridgehead atoms. The molecule has 1 aromatic carbocycles. The zero-order valence-corrected chi connectivity index (χ0v) is 13.9. The highest BCUT2D eigenvalue weighted by Crippen LogP contribution is 2.21. The summed E-state index contributed by atoms with van der Waals surface area (Å²) in [6, 6.07) is 6.56. The SMILES string of the molecule is CC(Br)C(C)(C)NS(=O)(=O)c1ccc(Br)cc1. The van der Waals surface area contributed by atoms with Crippen molar-refractivity contribution in [2.24, 2.45) is 0 Å². The van der Waals surface area contributed by atoms with Crippen molar-refractivity contribution < 1.29 is 8.42 Å². The number of sulfonamides is 1. The Morgan fingerprint density at radius 3 is 2.12 bits per heavy atom. The molecule has 0 amide bonds. The third kappa shape index (κ3) is 4.05. The smallest absolute Gasteiger partial charge is 0.207 e. The Morgan fingerprint density at radius 1 is 1.24 bits per heavy atom.